The van der Waals surface area contributed by atoms with Crippen LogP contribution >= 0.6 is 11.3 Å². The molecule has 8 nitrogen and oxygen atoms in total. The summed E-state index contributed by atoms with van der Waals surface area (Å²) in [4.78, 5) is 49.6. The van der Waals surface area contributed by atoms with Crippen LogP contribution in [0.2, 0.25) is 0 Å². The molecule has 116 valence electrons. The Labute approximate surface area is 126 Å². The molecular weight excluding hydrogens is 312 g/mol. The van der Waals surface area contributed by atoms with Crippen molar-refractivity contribution in [3.63, 3.8) is 0 Å². The SMILES string of the molecule is Cc1c(C(=O)O)sc2[nH]c(=O)n(C3(CC(=O)O)CC3)c(=O)c12. The van der Waals surface area contributed by atoms with Gasteiger partial charge in [0.15, 0.2) is 0 Å². The topological polar surface area (TPSA) is 129 Å². The fraction of sp³-hybridized carbons (Fsp3) is 0.385. The van der Waals surface area contributed by atoms with Crippen LogP contribution in [0, 0.1) is 6.92 Å². The lowest BCUT2D eigenvalue weighted by Crippen LogP contribution is -2.43. The van der Waals surface area contributed by atoms with Gasteiger partial charge in [-0.15, -0.1) is 11.3 Å². The number of hydrogen-bond donors (Lipinski definition) is 3. The van der Waals surface area contributed by atoms with Crippen LogP contribution in [-0.4, -0.2) is 31.7 Å². The molecule has 0 aromatic carbocycles. The van der Waals surface area contributed by atoms with E-state index in [1.54, 1.807) is 0 Å². The largest absolute Gasteiger partial charge is 0.481 e. The van der Waals surface area contributed by atoms with E-state index in [-0.39, 0.29) is 27.1 Å². The van der Waals surface area contributed by atoms with E-state index in [2.05, 4.69) is 4.98 Å². The monoisotopic (exact) mass is 324 g/mol. The van der Waals surface area contributed by atoms with Crippen molar-refractivity contribution in [2.24, 2.45) is 0 Å². The molecule has 0 atom stereocenters. The Kier molecular flexibility index (Phi) is 2.99. The zero-order valence-electron chi connectivity index (χ0n) is 11.5. The van der Waals surface area contributed by atoms with Gasteiger partial charge < -0.3 is 10.2 Å². The van der Waals surface area contributed by atoms with E-state index in [4.69, 9.17) is 10.2 Å². The number of carboxylic acids is 2. The van der Waals surface area contributed by atoms with Crippen molar-refractivity contribution in [3.05, 3.63) is 31.3 Å². The zero-order chi connectivity index (χ0) is 16.2. The van der Waals surface area contributed by atoms with Crippen LogP contribution in [0.15, 0.2) is 9.59 Å². The number of hydrogen-bond acceptors (Lipinski definition) is 5. The first-order valence-corrected chi connectivity index (χ1v) is 7.32. The maximum Gasteiger partial charge on any atom is 0.346 e. The van der Waals surface area contributed by atoms with E-state index in [1.165, 1.54) is 6.92 Å². The van der Waals surface area contributed by atoms with Crippen molar-refractivity contribution in [1.29, 1.82) is 0 Å². The number of fused-ring (bicyclic) bond motifs is 1. The quantitative estimate of drug-likeness (QED) is 0.760. The van der Waals surface area contributed by atoms with Crippen molar-refractivity contribution in [3.8, 4) is 0 Å². The molecule has 0 amide bonds. The standard InChI is InChI=1S/C13H12N2O6S/c1-5-7-9(22-8(5)11(19)20)14-12(21)15(10(7)18)13(2-3-13)4-6(16)17/h2-4H2,1H3,(H,14,21)(H,16,17)(H,19,20). The summed E-state index contributed by atoms with van der Waals surface area (Å²) < 4.78 is 0.939. The second-order valence-electron chi connectivity index (χ2n) is 5.43. The van der Waals surface area contributed by atoms with Crippen LogP contribution in [0.25, 0.3) is 10.2 Å². The number of aromatic amines is 1. The summed E-state index contributed by atoms with van der Waals surface area (Å²) in [5.74, 6) is -2.26. The molecular formula is C13H12N2O6S. The summed E-state index contributed by atoms with van der Waals surface area (Å²) in [6.45, 7) is 1.50. The van der Waals surface area contributed by atoms with Gasteiger partial charge in [0.25, 0.3) is 5.56 Å². The summed E-state index contributed by atoms with van der Waals surface area (Å²) in [6, 6.07) is 0. The maximum absolute atomic E-state index is 12.6. The lowest BCUT2D eigenvalue weighted by molar-refractivity contribution is -0.138. The van der Waals surface area contributed by atoms with E-state index in [1.807, 2.05) is 0 Å². The summed E-state index contributed by atoms with van der Waals surface area (Å²) in [5.41, 5.74) is -2.04. The van der Waals surface area contributed by atoms with E-state index in [0.717, 1.165) is 15.9 Å². The highest BCUT2D eigenvalue weighted by Crippen LogP contribution is 2.45. The Balaban J connectivity index is 2.32. The van der Waals surface area contributed by atoms with Crippen molar-refractivity contribution < 1.29 is 19.8 Å². The minimum absolute atomic E-state index is 0.0106. The highest BCUT2D eigenvalue weighted by atomic mass is 32.1. The van der Waals surface area contributed by atoms with Gasteiger partial charge in [0, 0.05) is 0 Å². The molecule has 1 aliphatic carbocycles. The number of aromatic nitrogens is 2. The molecule has 1 fully saturated rings. The number of rotatable bonds is 4. The number of H-pyrrole nitrogens is 1. The number of carboxylic acid groups (broad SMARTS) is 2. The van der Waals surface area contributed by atoms with E-state index >= 15 is 0 Å². The summed E-state index contributed by atoms with van der Waals surface area (Å²) in [6.07, 6.45) is 0.558. The van der Waals surface area contributed by atoms with E-state index in [0.29, 0.717) is 12.8 Å². The molecule has 0 bridgehead atoms. The molecule has 2 heterocycles. The summed E-state index contributed by atoms with van der Waals surface area (Å²) >= 11 is 0.829. The molecule has 1 aliphatic rings. The average molecular weight is 324 g/mol. The van der Waals surface area contributed by atoms with Gasteiger partial charge >= 0.3 is 17.6 Å². The fourth-order valence-electron chi connectivity index (χ4n) is 2.76. The van der Waals surface area contributed by atoms with E-state index < -0.39 is 28.7 Å². The third-order valence-electron chi connectivity index (χ3n) is 3.96. The normalized spacial score (nSPS) is 15.9. The van der Waals surface area contributed by atoms with Crippen LogP contribution in [0.1, 0.15) is 34.5 Å². The first kappa shape index (κ1) is 14.5. The molecule has 3 rings (SSSR count). The Bertz CT molecular complexity index is 930. The van der Waals surface area contributed by atoms with Crippen molar-refractivity contribution in [2.75, 3.05) is 0 Å². The first-order valence-electron chi connectivity index (χ1n) is 6.51. The molecule has 2 aromatic heterocycles. The van der Waals surface area contributed by atoms with Crippen molar-refractivity contribution in [1.82, 2.24) is 9.55 Å². The molecule has 0 aliphatic heterocycles. The van der Waals surface area contributed by atoms with Gasteiger partial charge in [-0.1, -0.05) is 0 Å². The average Bonchev–Trinajstić information content (AvgIpc) is 3.05. The molecule has 1 saturated carbocycles. The maximum atomic E-state index is 12.6. The molecule has 22 heavy (non-hydrogen) atoms. The van der Waals surface area contributed by atoms with Gasteiger partial charge in [0.05, 0.1) is 17.3 Å². The molecule has 0 radical (unpaired) electrons. The van der Waals surface area contributed by atoms with Gasteiger partial charge in [-0.05, 0) is 25.3 Å². The fourth-order valence-corrected chi connectivity index (χ4v) is 3.78. The smallest absolute Gasteiger partial charge is 0.346 e. The second kappa shape index (κ2) is 4.54. The lowest BCUT2D eigenvalue weighted by atomic mass is 10.1. The molecule has 2 aromatic rings. The Hall–Kier alpha value is -2.42. The minimum atomic E-state index is -1.17. The predicted molar refractivity (Wildman–Crippen MR) is 77.9 cm³/mol. The summed E-state index contributed by atoms with van der Waals surface area (Å²) in [5, 5.41) is 18.2. The van der Waals surface area contributed by atoms with Gasteiger partial charge in [-0.3, -0.25) is 19.1 Å². The molecule has 9 heteroatoms. The third kappa shape index (κ3) is 1.97. The van der Waals surface area contributed by atoms with Crippen LogP contribution in [0.3, 0.4) is 0 Å². The van der Waals surface area contributed by atoms with Crippen LogP contribution < -0.4 is 11.2 Å². The van der Waals surface area contributed by atoms with E-state index in [9.17, 15) is 19.2 Å². The second-order valence-corrected chi connectivity index (χ2v) is 6.45. The Morgan fingerprint density at radius 2 is 1.95 bits per heavy atom. The van der Waals surface area contributed by atoms with Crippen LogP contribution in [0.4, 0.5) is 0 Å². The van der Waals surface area contributed by atoms with Crippen molar-refractivity contribution >= 4 is 33.5 Å². The molecule has 0 unspecified atom stereocenters. The van der Waals surface area contributed by atoms with Gasteiger partial charge in [-0.2, -0.15) is 0 Å². The Morgan fingerprint density at radius 3 is 2.45 bits per heavy atom. The number of aliphatic carboxylic acids is 1. The highest BCUT2D eigenvalue weighted by molar-refractivity contribution is 7.20. The van der Waals surface area contributed by atoms with Gasteiger partial charge in [0.1, 0.15) is 9.71 Å². The molecule has 0 saturated heterocycles. The minimum Gasteiger partial charge on any atom is -0.481 e. The molecule has 0 spiro atoms. The number of nitrogens with one attached hydrogen (secondary N) is 1. The number of carbonyl (C=O) groups is 2. The number of thiophene rings is 1. The lowest BCUT2D eigenvalue weighted by Gasteiger charge is -2.15. The predicted octanol–water partition coefficient (Wildman–Crippen LogP) is 0.722. The van der Waals surface area contributed by atoms with Gasteiger partial charge in [-0.25, -0.2) is 9.59 Å². The number of nitrogens with zero attached hydrogens (tertiary/aromatic N) is 1. The van der Waals surface area contributed by atoms with Gasteiger partial charge in [0.2, 0.25) is 0 Å². The zero-order valence-corrected chi connectivity index (χ0v) is 12.3. The first-order chi connectivity index (χ1) is 10.3. The van der Waals surface area contributed by atoms with Crippen LogP contribution in [-0.2, 0) is 10.3 Å². The highest BCUT2D eigenvalue weighted by Gasteiger charge is 2.48. The summed E-state index contributed by atoms with van der Waals surface area (Å²) in [7, 11) is 0. The molecule has 3 N–H and O–H groups in total. The van der Waals surface area contributed by atoms with Crippen LogP contribution in [0.5, 0.6) is 0 Å². The number of aromatic carboxylic acids is 1. The number of aryl methyl sites for hydroxylation is 1. The Morgan fingerprint density at radius 1 is 1.32 bits per heavy atom. The third-order valence-corrected chi connectivity index (χ3v) is 5.16. The van der Waals surface area contributed by atoms with Crippen molar-refractivity contribution in [2.45, 2.75) is 31.7 Å².